The molecule has 0 bridgehead atoms. The average Bonchev–Trinajstić information content (AvgIpc) is 2.54. The molecule has 1 heterocycles. The SMILES string of the molecule is CCN1c2cc(C)c(C=Nc3ccc(C)cc3C)cc2C(C)CC1(C)C. The lowest BCUT2D eigenvalue weighted by atomic mass is 9.79. The minimum Gasteiger partial charge on any atom is -0.366 e. The predicted molar refractivity (Wildman–Crippen MR) is 114 cm³/mol. The molecule has 1 aliphatic rings. The fourth-order valence-corrected chi connectivity index (χ4v) is 4.48. The van der Waals surface area contributed by atoms with E-state index >= 15 is 0 Å². The van der Waals surface area contributed by atoms with Gasteiger partial charge in [-0.05, 0) is 94.3 Å². The molecule has 0 fully saturated rings. The Morgan fingerprint density at radius 2 is 1.85 bits per heavy atom. The summed E-state index contributed by atoms with van der Waals surface area (Å²) in [7, 11) is 0. The molecule has 2 aromatic carbocycles. The molecule has 138 valence electrons. The zero-order valence-corrected chi connectivity index (χ0v) is 17.4. The van der Waals surface area contributed by atoms with Crippen LogP contribution >= 0.6 is 0 Å². The van der Waals surface area contributed by atoms with Crippen LogP contribution in [0.15, 0.2) is 35.3 Å². The first kappa shape index (κ1) is 18.7. The Morgan fingerprint density at radius 1 is 1.12 bits per heavy atom. The minimum atomic E-state index is 0.211. The second-order valence-electron chi connectivity index (χ2n) is 8.48. The molecule has 0 saturated carbocycles. The third-order valence-corrected chi connectivity index (χ3v) is 5.78. The number of nitrogens with zero attached hydrogens (tertiary/aromatic N) is 2. The van der Waals surface area contributed by atoms with E-state index in [0.717, 1.165) is 12.2 Å². The zero-order valence-electron chi connectivity index (χ0n) is 17.4. The first-order valence-electron chi connectivity index (χ1n) is 9.76. The van der Waals surface area contributed by atoms with E-state index in [1.807, 2.05) is 6.21 Å². The van der Waals surface area contributed by atoms with Crippen LogP contribution in [-0.4, -0.2) is 18.3 Å². The van der Waals surface area contributed by atoms with Crippen molar-refractivity contribution in [1.82, 2.24) is 0 Å². The Labute approximate surface area is 159 Å². The monoisotopic (exact) mass is 348 g/mol. The topological polar surface area (TPSA) is 15.6 Å². The quantitative estimate of drug-likeness (QED) is 0.580. The van der Waals surface area contributed by atoms with Crippen molar-refractivity contribution < 1.29 is 0 Å². The number of benzene rings is 2. The summed E-state index contributed by atoms with van der Waals surface area (Å²) in [5.74, 6) is 0.566. The van der Waals surface area contributed by atoms with Crippen LogP contribution in [0.2, 0.25) is 0 Å². The van der Waals surface area contributed by atoms with Crippen molar-refractivity contribution in [2.24, 2.45) is 4.99 Å². The van der Waals surface area contributed by atoms with Crippen LogP contribution in [0.25, 0.3) is 0 Å². The summed E-state index contributed by atoms with van der Waals surface area (Å²) in [5, 5.41) is 0. The molecule has 0 saturated heterocycles. The molecule has 0 amide bonds. The second kappa shape index (κ2) is 6.90. The second-order valence-corrected chi connectivity index (χ2v) is 8.48. The lowest BCUT2D eigenvalue weighted by Gasteiger charge is -2.47. The van der Waals surface area contributed by atoms with Crippen LogP contribution in [0.4, 0.5) is 11.4 Å². The Bertz CT molecular complexity index is 846. The molecule has 1 aliphatic heterocycles. The van der Waals surface area contributed by atoms with Crippen molar-refractivity contribution in [2.45, 2.75) is 66.3 Å². The molecule has 3 rings (SSSR count). The third kappa shape index (κ3) is 3.42. The molecule has 2 nitrogen and oxygen atoms in total. The first-order valence-corrected chi connectivity index (χ1v) is 9.76. The van der Waals surface area contributed by atoms with Crippen LogP contribution in [0.1, 0.15) is 67.9 Å². The number of aryl methyl sites for hydroxylation is 3. The maximum Gasteiger partial charge on any atom is 0.0659 e. The lowest BCUT2D eigenvalue weighted by Crippen LogP contribution is -2.48. The standard InChI is InChI=1S/C24H32N2/c1-8-26-23-12-17(3)20(13-21(23)19(5)14-24(26,6)7)15-25-22-10-9-16(2)11-18(22)4/h9-13,15,19H,8,14H2,1-7H3. The number of hydrogen-bond acceptors (Lipinski definition) is 2. The van der Waals surface area contributed by atoms with Gasteiger partial charge in [0.1, 0.15) is 0 Å². The highest BCUT2D eigenvalue weighted by molar-refractivity contribution is 5.86. The molecule has 1 atom stereocenters. The predicted octanol–water partition coefficient (Wildman–Crippen LogP) is 6.47. The average molecular weight is 349 g/mol. The van der Waals surface area contributed by atoms with Crippen molar-refractivity contribution in [1.29, 1.82) is 0 Å². The summed E-state index contributed by atoms with van der Waals surface area (Å²) >= 11 is 0. The van der Waals surface area contributed by atoms with E-state index in [4.69, 9.17) is 4.99 Å². The van der Waals surface area contributed by atoms with Gasteiger partial charge in [-0.1, -0.05) is 24.6 Å². The highest BCUT2D eigenvalue weighted by Gasteiger charge is 2.35. The largest absolute Gasteiger partial charge is 0.366 e. The van der Waals surface area contributed by atoms with Crippen molar-refractivity contribution in [3.63, 3.8) is 0 Å². The van der Waals surface area contributed by atoms with Crippen molar-refractivity contribution >= 4 is 17.6 Å². The molecule has 0 spiro atoms. The van der Waals surface area contributed by atoms with Gasteiger partial charge >= 0.3 is 0 Å². The van der Waals surface area contributed by atoms with Gasteiger partial charge in [0, 0.05) is 24.0 Å². The molecule has 0 aromatic heterocycles. The van der Waals surface area contributed by atoms with Crippen molar-refractivity contribution in [3.8, 4) is 0 Å². The third-order valence-electron chi connectivity index (χ3n) is 5.78. The van der Waals surface area contributed by atoms with Gasteiger partial charge < -0.3 is 4.90 Å². The molecule has 26 heavy (non-hydrogen) atoms. The summed E-state index contributed by atoms with van der Waals surface area (Å²) in [5.41, 5.74) is 9.15. The van der Waals surface area contributed by atoms with Gasteiger partial charge in [-0.25, -0.2) is 0 Å². The Hall–Kier alpha value is -2.09. The highest BCUT2D eigenvalue weighted by Crippen LogP contribution is 2.44. The van der Waals surface area contributed by atoms with Gasteiger partial charge in [-0.15, -0.1) is 0 Å². The Morgan fingerprint density at radius 3 is 2.50 bits per heavy atom. The van der Waals surface area contributed by atoms with Crippen LogP contribution in [0, 0.1) is 20.8 Å². The summed E-state index contributed by atoms with van der Waals surface area (Å²) in [4.78, 5) is 7.34. The van der Waals surface area contributed by atoms with E-state index in [1.54, 1.807) is 0 Å². The van der Waals surface area contributed by atoms with Gasteiger partial charge in [-0.2, -0.15) is 0 Å². The van der Waals surface area contributed by atoms with E-state index < -0.39 is 0 Å². The van der Waals surface area contributed by atoms with Gasteiger partial charge in [0.2, 0.25) is 0 Å². The number of hydrogen-bond donors (Lipinski definition) is 0. The number of rotatable bonds is 3. The van der Waals surface area contributed by atoms with Crippen LogP contribution in [0.5, 0.6) is 0 Å². The van der Waals surface area contributed by atoms with Crippen LogP contribution < -0.4 is 4.90 Å². The maximum atomic E-state index is 4.78. The first-order chi connectivity index (χ1) is 12.2. The normalized spacial score (nSPS) is 19.0. The van der Waals surface area contributed by atoms with E-state index in [1.165, 1.54) is 39.9 Å². The fraction of sp³-hybridized carbons (Fsp3) is 0.458. The molecule has 0 aliphatic carbocycles. The summed E-state index contributed by atoms with van der Waals surface area (Å²) in [6.07, 6.45) is 3.22. The van der Waals surface area contributed by atoms with Crippen molar-refractivity contribution in [2.75, 3.05) is 11.4 Å². The molecule has 1 unspecified atom stereocenters. The molecule has 0 radical (unpaired) electrons. The Balaban J connectivity index is 2.01. The zero-order chi connectivity index (χ0) is 19.1. The Kier molecular flexibility index (Phi) is 4.96. The van der Waals surface area contributed by atoms with E-state index in [2.05, 4.69) is 83.7 Å². The van der Waals surface area contributed by atoms with Gasteiger partial charge in [0.05, 0.1) is 5.69 Å². The van der Waals surface area contributed by atoms with Crippen LogP contribution in [0.3, 0.4) is 0 Å². The number of anilines is 1. The van der Waals surface area contributed by atoms with Crippen LogP contribution in [-0.2, 0) is 0 Å². The molecule has 0 N–H and O–H groups in total. The van der Waals surface area contributed by atoms with E-state index in [-0.39, 0.29) is 5.54 Å². The van der Waals surface area contributed by atoms with E-state index in [9.17, 15) is 0 Å². The highest BCUT2D eigenvalue weighted by atomic mass is 15.2. The summed E-state index contributed by atoms with van der Waals surface area (Å²) < 4.78 is 0. The number of aliphatic imine (C=N–C) groups is 1. The maximum absolute atomic E-state index is 4.78. The lowest BCUT2D eigenvalue weighted by molar-refractivity contribution is 0.381. The minimum absolute atomic E-state index is 0.211. The molecular weight excluding hydrogens is 316 g/mol. The molecule has 2 heteroatoms. The van der Waals surface area contributed by atoms with Gasteiger partial charge in [-0.3, -0.25) is 4.99 Å². The van der Waals surface area contributed by atoms with Gasteiger partial charge in [0.25, 0.3) is 0 Å². The summed E-state index contributed by atoms with van der Waals surface area (Å²) in [6.45, 7) is 16.8. The number of fused-ring (bicyclic) bond motifs is 1. The fourth-order valence-electron chi connectivity index (χ4n) is 4.48. The van der Waals surface area contributed by atoms with E-state index in [0.29, 0.717) is 5.92 Å². The van der Waals surface area contributed by atoms with Gasteiger partial charge in [0.15, 0.2) is 0 Å². The van der Waals surface area contributed by atoms with Crippen molar-refractivity contribution in [3.05, 3.63) is 58.1 Å². The smallest absolute Gasteiger partial charge is 0.0659 e. The summed E-state index contributed by atoms with van der Waals surface area (Å²) in [6, 6.07) is 11.1. The molecule has 2 aromatic rings. The molecular formula is C24H32N2.